The van der Waals surface area contributed by atoms with E-state index < -0.39 is 21.5 Å². The minimum atomic E-state index is -4.04. The van der Waals surface area contributed by atoms with Crippen molar-refractivity contribution in [2.75, 3.05) is 7.05 Å². The largest absolute Gasteiger partial charge is 0.314 e. The predicted molar refractivity (Wildman–Crippen MR) is 90.7 cm³/mol. The Morgan fingerprint density at radius 2 is 1.96 bits per heavy atom. The molecule has 0 spiro atoms. The highest BCUT2D eigenvalue weighted by molar-refractivity contribution is 7.91. The number of hydrogen-bond acceptors (Lipinski definition) is 5. The van der Waals surface area contributed by atoms with Gasteiger partial charge in [0.25, 0.3) is 0 Å². The summed E-state index contributed by atoms with van der Waals surface area (Å²) in [6, 6.07) is 7.81. The molecule has 1 N–H and O–H groups in total. The molecule has 0 aliphatic heterocycles. The molecule has 9 heteroatoms. The number of hydrogen-bond donors (Lipinski definition) is 1. The summed E-state index contributed by atoms with van der Waals surface area (Å²) in [6.07, 6.45) is 1.22. The molecule has 0 radical (unpaired) electrons. The molecule has 0 saturated heterocycles. The quantitative estimate of drug-likeness (QED) is 0.738. The van der Waals surface area contributed by atoms with Crippen molar-refractivity contribution in [1.29, 1.82) is 0 Å². The lowest BCUT2D eigenvalue weighted by molar-refractivity contribution is 0.497. The van der Waals surface area contributed by atoms with Gasteiger partial charge in [0.15, 0.2) is 16.7 Å². The van der Waals surface area contributed by atoms with Crippen molar-refractivity contribution in [2.24, 2.45) is 0 Å². The van der Waals surface area contributed by atoms with E-state index in [-0.39, 0.29) is 22.2 Å². The lowest BCUT2D eigenvalue weighted by Gasteiger charge is -2.09. The number of sulfone groups is 1. The third-order valence-corrected chi connectivity index (χ3v) is 5.42. The Morgan fingerprint density at radius 1 is 1.19 bits per heavy atom. The van der Waals surface area contributed by atoms with Gasteiger partial charge in [0.2, 0.25) is 9.84 Å². The highest BCUT2D eigenvalue weighted by Crippen LogP contribution is 2.26. The Kier molecular flexibility index (Phi) is 4.84. The van der Waals surface area contributed by atoms with E-state index in [0.717, 1.165) is 10.7 Å². The number of halogens is 2. The number of benzene rings is 1. The second-order valence-electron chi connectivity index (χ2n) is 5.63. The zero-order valence-corrected chi connectivity index (χ0v) is 14.9. The SMILES string of the molecule is CNCc1cc(S(=O)(=O)c2ccc(C)nc2)n(-c2cccc(F)c2F)n1. The van der Waals surface area contributed by atoms with E-state index in [1.165, 1.54) is 30.5 Å². The maximum absolute atomic E-state index is 14.2. The van der Waals surface area contributed by atoms with Gasteiger partial charge in [0, 0.05) is 24.5 Å². The van der Waals surface area contributed by atoms with Crippen molar-refractivity contribution < 1.29 is 17.2 Å². The number of rotatable bonds is 5. The summed E-state index contributed by atoms with van der Waals surface area (Å²) in [5.74, 6) is -2.27. The standard InChI is InChI=1S/C17H16F2N4O2S/c1-11-6-7-13(10-21-11)26(24,25)16-8-12(9-20-2)22-23(16)15-5-3-4-14(18)17(15)19/h3-8,10,20H,9H2,1-2H3. The minimum absolute atomic E-state index is 0.0583. The zero-order chi connectivity index (χ0) is 18.9. The Balaban J connectivity index is 2.23. The third-order valence-electron chi connectivity index (χ3n) is 3.71. The first-order chi connectivity index (χ1) is 12.3. The van der Waals surface area contributed by atoms with Gasteiger partial charge in [-0.2, -0.15) is 5.10 Å². The average Bonchev–Trinajstić information content (AvgIpc) is 3.03. The van der Waals surface area contributed by atoms with Gasteiger partial charge in [-0.3, -0.25) is 4.98 Å². The first kappa shape index (κ1) is 18.2. The maximum atomic E-state index is 14.2. The molecule has 3 rings (SSSR count). The lowest BCUT2D eigenvalue weighted by atomic mass is 10.3. The summed E-state index contributed by atoms with van der Waals surface area (Å²) in [7, 11) is -2.37. The van der Waals surface area contributed by atoms with Gasteiger partial charge in [-0.15, -0.1) is 0 Å². The van der Waals surface area contributed by atoms with Gasteiger partial charge in [0.05, 0.1) is 10.6 Å². The second kappa shape index (κ2) is 6.93. The van der Waals surface area contributed by atoms with Gasteiger partial charge in [-0.1, -0.05) is 6.07 Å². The van der Waals surface area contributed by atoms with Gasteiger partial charge in [-0.05, 0) is 38.2 Å². The Hall–Kier alpha value is -2.65. The molecule has 0 amide bonds. The van der Waals surface area contributed by atoms with Crippen molar-refractivity contribution in [3.8, 4) is 5.69 Å². The molecule has 0 bridgehead atoms. The topological polar surface area (TPSA) is 76.9 Å². The molecule has 136 valence electrons. The van der Waals surface area contributed by atoms with Crippen molar-refractivity contribution in [3.05, 3.63) is 65.6 Å². The highest BCUT2D eigenvalue weighted by atomic mass is 32.2. The van der Waals surface area contributed by atoms with E-state index in [1.807, 2.05) is 0 Å². The van der Waals surface area contributed by atoms with Crippen molar-refractivity contribution >= 4 is 9.84 Å². The molecule has 0 unspecified atom stereocenters. The fourth-order valence-electron chi connectivity index (χ4n) is 2.43. The van der Waals surface area contributed by atoms with Crippen LogP contribution in [0, 0.1) is 18.6 Å². The van der Waals surface area contributed by atoms with Crippen molar-refractivity contribution in [1.82, 2.24) is 20.1 Å². The molecule has 26 heavy (non-hydrogen) atoms. The monoisotopic (exact) mass is 378 g/mol. The molecule has 0 aliphatic rings. The summed E-state index contributed by atoms with van der Waals surface area (Å²) < 4.78 is 54.8. The van der Waals surface area contributed by atoms with Crippen LogP contribution in [0.3, 0.4) is 0 Å². The summed E-state index contributed by atoms with van der Waals surface area (Å²) >= 11 is 0. The molecule has 2 heterocycles. The molecule has 0 saturated carbocycles. The second-order valence-corrected chi connectivity index (χ2v) is 7.52. The maximum Gasteiger partial charge on any atom is 0.225 e. The number of nitrogens with one attached hydrogen (secondary N) is 1. The minimum Gasteiger partial charge on any atom is -0.314 e. The van der Waals surface area contributed by atoms with Crippen LogP contribution in [0.25, 0.3) is 5.69 Å². The van der Waals surface area contributed by atoms with E-state index >= 15 is 0 Å². The van der Waals surface area contributed by atoms with Crippen LogP contribution in [0.4, 0.5) is 8.78 Å². The van der Waals surface area contributed by atoms with Crippen LogP contribution in [0.1, 0.15) is 11.4 Å². The van der Waals surface area contributed by atoms with Crippen molar-refractivity contribution in [3.63, 3.8) is 0 Å². The Morgan fingerprint density at radius 3 is 2.62 bits per heavy atom. The zero-order valence-electron chi connectivity index (χ0n) is 14.1. The lowest BCUT2D eigenvalue weighted by Crippen LogP contribution is -2.12. The van der Waals surface area contributed by atoms with Crippen LogP contribution in [0.5, 0.6) is 0 Å². The highest BCUT2D eigenvalue weighted by Gasteiger charge is 2.27. The number of pyridine rings is 1. The van der Waals surface area contributed by atoms with Crippen LogP contribution in [-0.2, 0) is 16.4 Å². The molecule has 0 fully saturated rings. The summed E-state index contributed by atoms with van der Waals surface area (Å²) in [5.41, 5.74) is 0.741. The van der Waals surface area contributed by atoms with E-state index in [0.29, 0.717) is 11.4 Å². The van der Waals surface area contributed by atoms with Crippen molar-refractivity contribution in [2.45, 2.75) is 23.4 Å². The molecule has 0 atom stereocenters. The summed E-state index contributed by atoms with van der Waals surface area (Å²) in [6.45, 7) is 1.99. The smallest absolute Gasteiger partial charge is 0.225 e. The fourth-order valence-corrected chi connectivity index (χ4v) is 3.77. The van der Waals surface area contributed by atoms with Crippen LogP contribution in [-0.4, -0.2) is 30.2 Å². The molecular formula is C17H16F2N4O2S. The number of nitrogens with zero attached hydrogens (tertiary/aromatic N) is 3. The third kappa shape index (κ3) is 3.23. The van der Waals surface area contributed by atoms with Gasteiger partial charge >= 0.3 is 0 Å². The van der Waals surface area contributed by atoms with Crippen LogP contribution in [0.15, 0.2) is 52.5 Å². The van der Waals surface area contributed by atoms with Crippen LogP contribution >= 0.6 is 0 Å². The summed E-state index contributed by atoms with van der Waals surface area (Å²) in [4.78, 5) is 3.93. The van der Waals surface area contributed by atoms with Crippen LogP contribution in [0.2, 0.25) is 0 Å². The Labute approximate surface area is 149 Å². The molecular weight excluding hydrogens is 362 g/mol. The number of aromatic nitrogens is 3. The molecule has 2 aromatic heterocycles. The van der Waals surface area contributed by atoms with E-state index in [1.54, 1.807) is 20.0 Å². The first-order valence-electron chi connectivity index (χ1n) is 7.70. The average molecular weight is 378 g/mol. The van der Waals surface area contributed by atoms with E-state index in [9.17, 15) is 17.2 Å². The van der Waals surface area contributed by atoms with Gasteiger partial charge < -0.3 is 5.32 Å². The van der Waals surface area contributed by atoms with Gasteiger partial charge in [-0.25, -0.2) is 21.9 Å². The fraction of sp³-hybridized carbons (Fsp3) is 0.176. The Bertz CT molecular complexity index is 1050. The normalized spacial score (nSPS) is 11.7. The molecule has 0 aliphatic carbocycles. The predicted octanol–water partition coefficient (Wildman–Crippen LogP) is 2.41. The van der Waals surface area contributed by atoms with E-state index in [4.69, 9.17) is 0 Å². The number of aryl methyl sites for hydroxylation is 1. The van der Waals surface area contributed by atoms with Gasteiger partial charge in [0.1, 0.15) is 5.69 Å². The summed E-state index contributed by atoms with van der Waals surface area (Å²) in [5, 5.41) is 6.71. The molecule has 3 aromatic rings. The molecule has 6 nitrogen and oxygen atoms in total. The first-order valence-corrected chi connectivity index (χ1v) is 9.18. The van der Waals surface area contributed by atoms with Crippen LogP contribution < -0.4 is 5.32 Å². The van der Waals surface area contributed by atoms with E-state index in [2.05, 4.69) is 15.4 Å². The molecule has 1 aromatic carbocycles.